The monoisotopic (exact) mass is 371 g/mol. The van der Waals surface area contributed by atoms with Crippen LogP contribution in [0.5, 0.6) is 0 Å². The smallest absolute Gasteiger partial charge is 0.336 e. The number of aryl methyl sites for hydroxylation is 1. The minimum atomic E-state index is -3.18. The molecule has 0 fully saturated rings. The molecule has 0 saturated heterocycles. The number of carbonyl (C=O) groups excluding carboxylic acids is 1. The number of benzene rings is 2. The summed E-state index contributed by atoms with van der Waals surface area (Å²) in [6.45, 7) is 1.81. The van der Waals surface area contributed by atoms with Crippen molar-refractivity contribution in [2.45, 2.75) is 12.7 Å². The minimum absolute atomic E-state index is 0.130. The Morgan fingerprint density at radius 1 is 1.12 bits per heavy atom. The number of sulfone groups is 1. The maximum atomic E-state index is 12.4. The van der Waals surface area contributed by atoms with E-state index in [0.717, 1.165) is 17.2 Å². The third-order valence-corrected chi connectivity index (χ3v) is 4.68. The molecule has 1 aromatic heterocycles. The summed E-state index contributed by atoms with van der Waals surface area (Å²) >= 11 is 0. The van der Waals surface area contributed by atoms with E-state index in [1.165, 1.54) is 6.07 Å². The average Bonchev–Trinajstić information content (AvgIpc) is 2.53. The Kier molecular flexibility index (Phi) is 4.65. The minimum Gasteiger partial charge on any atom is -0.423 e. The summed E-state index contributed by atoms with van der Waals surface area (Å²) in [6.07, 6.45) is 1.14. The molecule has 0 spiro atoms. The van der Waals surface area contributed by atoms with Crippen molar-refractivity contribution in [3.8, 4) is 0 Å². The zero-order chi connectivity index (χ0) is 18.9. The van der Waals surface area contributed by atoms with Crippen molar-refractivity contribution >= 4 is 32.4 Å². The molecule has 0 atom stereocenters. The molecule has 134 valence electrons. The second-order valence-corrected chi connectivity index (χ2v) is 8.32. The van der Waals surface area contributed by atoms with Crippen molar-refractivity contribution in [1.82, 2.24) is 0 Å². The second-order valence-electron chi connectivity index (χ2n) is 6.18. The maximum Gasteiger partial charge on any atom is 0.336 e. The molecule has 1 heterocycles. The van der Waals surface area contributed by atoms with Crippen LogP contribution in [-0.4, -0.2) is 20.6 Å². The number of rotatable bonds is 4. The van der Waals surface area contributed by atoms with Crippen molar-refractivity contribution in [3.63, 3.8) is 0 Å². The number of nitrogens with one attached hydrogen (secondary N) is 1. The molecule has 3 aromatic rings. The van der Waals surface area contributed by atoms with Crippen LogP contribution in [0.15, 0.2) is 57.7 Å². The Balaban J connectivity index is 1.87. The molecule has 0 unspecified atom stereocenters. The van der Waals surface area contributed by atoms with Crippen molar-refractivity contribution in [1.29, 1.82) is 0 Å². The van der Waals surface area contributed by atoms with Crippen LogP contribution < -0.4 is 10.9 Å². The van der Waals surface area contributed by atoms with Crippen LogP contribution in [0.2, 0.25) is 0 Å². The molecular formula is C19H17NO5S. The van der Waals surface area contributed by atoms with Gasteiger partial charge in [0.1, 0.15) is 5.58 Å². The quantitative estimate of drug-likeness (QED) is 0.712. The molecule has 6 nitrogen and oxygen atoms in total. The first kappa shape index (κ1) is 17.9. The Hall–Kier alpha value is -2.93. The lowest BCUT2D eigenvalue weighted by atomic mass is 10.1. The number of hydrogen-bond acceptors (Lipinski definition) is 5. The van der Waals surface area contributed by atoms with Gasteiger partial charge in [0.15, 0.2) is 9.84 Å². The molecule has 0 aliphatic carbocycles. The fourth-order valence-corrected chi connectivity index (χ4v) is 3.50. The van der Waals surface area contributed by atoms with Crippen molar-refractivity contribution in [3.05, 3.63) is 75.6 Å². The third kappa shape index (κ3) is 4.18. The van der Waals surface area contributed by atoms with Crippen molar-refractivity contribution in [2.75, 3.05) is 11.6 Å². The number of carbonyl (C=O) groups is 1. The van der Waals surface area contributed by atoms with Crippen LogP contribution in [0.3, 0.4) is 0 Å². The molecule has 0 bridgehead atoms. The molecule has 0 saturated carbocycles. The number of amides is 1. The van der Waals surface area contributed by atoms with Gasteiger partial charge in [-0.2, -0.15) is 0 Å². The van der Waals surface area contributed by atoms with Gasteiger partial charge in [-0.1, -0.05) is 12.1 Å². The molecule has 1 amide bonds. The summed E-state index contributed by atoms with van der Waals surface area (Å²) in [4.78, 5) is 24.0. The first-order valence-electron chi connectivity index (χ1n) is 7.84. The van der Waals surface area contributed by atoms with Crippen LogP contribution >= 0.6 is 0 Å². The average molecular weight is 371 g/mol. The maximum absolute atomic E-state index is 12.4. The zero-order valence-corrected chi connectivity index (χ0v) is 15.1. The third-order valence-electron chi connectivity index (χ3n) is 3.83. The Bertz CT molecular complexity index is 1160. The van der Waals surface area contributed by atoms with Crippen molar-refractivity contribution in [2.24, 2.45) is 0 Å². The van der Waals surface area contributed by atoms with Gasteiger partial charge in [-0.05, 0) is 42.3 Å². The molecule has 7 heteroatoms. The molecule has 0 radical (unpaired) electrons. The highest BCUT2D eigenvalue weighted by Crippen LogP contribution is 2.21. The predicted molar refractivity (Wildman–Crippen MR) is 100 cm³/mol. The van der Waals surface area contributed by atoms with E-state index in [4.69, 9.17) is 4.42 Å². The van der Waals surface area contributed by atoms with E-state index in [2.05, 4.69) is 5.32 Å². The van der Waals surface area contributed by atoms with Gasteiger partial charge < -0.3 is 9.73 Å². The standard InChI is InChI=1S/C19H17NO5S/c1-12-8-18(21)25-17-10-15(6-7-16(12)17)20-19(22)14-5-3-4-13(9-14)11-26(2,23)24/h3-10H,11H2,1-2H3,(H,20,22). The molecule has 0 aliphatic heterocycles. The number of hydrogen-bond donors (Lipinski definition) is 1. The lowest BCUT2D eigenvalue weighted by Gasteiger charge is -2.08. The molecule has 0 aliphatic rings. The fourth-order valence-electron chi connectivity index (χ4n) is 2.71. The van der Waals surface area contributed by atoms with Crippen molar-refractivity contribution < 1.29 is 17.6 Å². The number of anilines is 1. The molecule has 1 N–H and O–H groups in total. The lowest BCUT2D eigenvalue weighted by molar-refractivity contribution is 0.102. The van der Waals surface area contributed by atoms with E-state index in [1.807, 2.05) is 6.92 Å². The van der Waals surface area contributed by atoms with Gasteiger partial charge in [-0.3, -0.25) is 4.79 Å². The normalized spacial score (nSPS) is 11.5. The Labute approximate surface area is 150 Å². The van der Waals surface area contributed by atoms with E-state index in [0.29, 0.717) is 22.4 Å². The van der Waals surface area contributed by atoms with Gasteiger partial charge in [0.2, 0.25) is 0 Å². The van der Waals surface area contributed by atoms with Crippen LogP contribution in [0.1, 0.15) is 21.5 Å². The topological polar surface area (TPSA) is 93.4 Å². The molecule has 26 heavy (non-hydrogen) atoms. The van der Waals surface area contributed by atoms with Gasteiger partial charge >= 0.3 is 5.63 Å². The first-order valence-corrected chi connectivity index (χ1v) is 9.90. The van der Waals surface area contributed by atoms with E-state index in [-0.39, 0.29) is 11.7 Å². The predicted octanol–water partition coefficient (Wildman–Crippen LogP) is 2.90. The highest BCUT2D eigenvalue weighted by Gasteiger charge is 2.11. The second kappa shape index (κ2) is 6.76. The molecule has 2 aromatic carbocycles. The Morgan fingerprint density at radius 3 is 2.62 bits per heavy atom. The summed E-state index contributed by atoms with van der Waals surface area (Å²) in [6, 6.07) is 12.9. The molecular weight excluding hydrogens is 354 g/mol. The molecule has 3 rings (SSSR count). The largest absolute Gasteiger partial charge is 0.423 e. The van der Waals surface area contributed by atoms with Crippen LogP contribution in [0.25, 0.3) is 11.0 Å². The summed E-state index contributed by atoms with van der Waals surface area (Å²) in [5.74, 6) is -0.510. The van der Waals surface area contributed by atoms with E-state index in [9.17, 15) is 18.0 Å². The highest BCUT2D eigenvalue weighted by molar-refractivity contribution is 7.89. The zero-order valence-electron chi connectivity index (χ0n) is 14.3. The summed E-state index contributed by atoms with van der Waals surface area (Å²) in [7, 11) is -3.18. The van der Waals surface area contributed by atoms with Gasteiger partial charge in [0.25, 0.3) is 5.91 Å². The highest BCUT2D eigenvalue weighted by atomic mass is 32.2. The van der Waals surface area contributed by atoms with Crippen LogP contribution in [-0.2, 0) is 15.6 Å². The van der Waals surface area contributed by atoms with Crippen LogP contribution in [0, 0.1) is 6.92 Å². The first-order chi connectivity index (χ1) is 12.2. The van der Waals surface area contributed by atoms with Gasteiger partial charge in [0.05, 0.1) is 5.75 Å². The van der Waals surface area contributed by atoms with Gasteiger partial charge in [-0.25, -0.2) is 13.2 Å². The van der Waals surface area contributed by atoms with E-state index >= 15 is 0 Å². The fraction of sp³-hybridized carbons (Fsp3) is 0.158. The SMILES string of the molecule is Cc1cc(=O)oc2cc(NC(=O)c3cccc(CS(C)(=O)=O)c3)ccc12. The van der Waals surface area contributed by atoms with Gasteiger partial charge in [0, 0.05) is 35.0 Å². The Morgan fingerprint density at radius 2 is 1.88 bits per heavy atom. The summed E-state index contributed by atoms with van der Waals surface area (Å²) in [5.41, 5.74) is 2.09. The lowest BCUT2D eigenvalue weighted by Crippen LogP contribution is -2.12. The van der Waals surface area contributed by atoms with E-state index in [1.54, 1.807) is 42.5 Å². The number of fused-ring (bicyclic) bond motifs is 1. The van der Waals surface area contributed by atoms with Gasteiger partial charge in [-0.15, -0.1) is 0 Å². The summed E-state index contributed by atoms with van der Waals surface area (Å²) < 4.78 is 28.0. The summed E-state index contributed by atoms with van der Waals surface area (Å²) in [5, 5.41) is 3.52. The van der Waals surface area contributed by atoms with Crippen LogP contribution in [0.4, 0.5) is 5.69 Å². The van der Waals surface area contributed by atoms with E-state index < -0.39 is 15.5 Å².